The Hall–Kier alpha value is -2.68. The normalized spacial score (nSPS) is 14.5. The van der Waals surface area contributed by atoms with E-state index in [-0.39, 0.29) is 11.3 Å². The Bertz CT molecular complexity index is 905. The second-order valence-corrected chi connectivity index (χ2v) is 5.48. The van der Waals surface area contributed by atoms with E-state index in [1.54, 1.807) is 0 Å². The maximum absolute atomic E-state index is 14.5. The smallest absolute Gasteiger partial charge is 0.464 e. The third-order valence-electron chi connectivity index (χ3n) is 3.50. The molecule has 0 atom stereocenters. The maximum atomic E-state index is 14.5. The molecule has 3 rings (SSSR count). The minimum atomic E-state index is -3.91. The molecule has 0 bridgehead atoms. The molecule has 10 heteroatoms. The van der Waals surface area contributed by atoms with E-state index in [9.17, 15) is 18.0 Å². The van der Waals surface area contributed by atoms with Crippen LogP contribution in [0.15, 0.2) is 12.1 Å². The number of nitrogen functional groups attached to an aromatic ring is 1. The summed E-state index contributed by atoms with van der Waals surface area (Å²) in [5.41, 5.74) is 4.19. The molecule has 25 heavy (non-hydrogen) atoms. The number of hydrogen-bond donors (Lipinski definition) is 1. The third-order valence-corrected chi connectivity index (χ3v) is 3.88. The molecule has 6 nitrogen and oxygen atoms in total. The number of carbonyl (C=O) groups excluding carboxylic acids is 1. The van der Waals surface area contributed by atoms with Crippen molar-refractivity contribution >= 4 is 23.3 Å². The van der Waals surface area contributed by atoms with Gasteiger partial charge >= 0.3 is 12.3 Å². The highest BCUT2D eigenvalue weighted by molar-refractivity contribution is 6.35. The first-order valence-corrected chi connectivity index (χ1v) is 7.16. The Morgan fingerprint density at radius 2 is 1.96 bits per heavy atom. The lowest BCUT2D eigenvalue weighted by molar-refractivity contribution is -0.286. The number of aromatic nitrogens is 1. The zero-order chi connectivity index (χ0) is 18.5. The van der Waals surface area contributed by atoms with Gasteiger partial charge in [-0.15, -0.1) is 8.78 Å². The molecule has 0 unspecified atom stereocenters. The number of carbonyl (C=O) groups is 1. The molecule has 0 saturated heterocycles. The summed E-state index contributed by atoms with van der Waals surface area (Å²) in [7, 11) is 1.07. The van der Waals surface area contributed by atoms with Gasteiger partial charge in [0.25, 0.3) is 0 Å². The second kappa shape index (κ2) is 5.69. The van der Waals surface area contributed by atoms with Crippen molar-refractivity contribution in [1.82, 2.24) is 4.98 Å². The highest BCUT2D eigenvalue weighted by atomic mass is 35.5. The molecule has 2 aromatic rings. The molecular weight excluding hydrogens is 365 g/mol. The maximum Gasteiger partial charge on any atom is 0.586 e. The van der Waals surface area contributed by atoms with Crippen molar-refractivity contribution in [2.75, 3.05) is 12.8 Å². The number of nitrogens with two attached hydrogens (primary N) is 1. The summed E-state index contributed by atoms with van der Waals surface area (Å²) in [6.45, 7) is 1.51. The van der Waals surface area contributed by atoms with Crippen LogP contribution in [0.2, 0.25) is 5.02 Å². The van der Waals surface area contributed by atoms with Gasteiger partial charge in [-0.2, -0.15) is 0 Å². The fraction of sp³-hybridized carbons (Fsp3) is 0.200. The number of ether oxygens (including phenoxy) is 3. The highest BCUT2D eigenvalue weighted by Gasteiger charge is 2.46. The Kier molecular flexibility index (Phi) is 3.91. The van der Waals surface area contributed by atoms with Crippen LogP contribution in [0.1, 0.15) is 16.1 Å². The van der Waals surface area contributed by atoms with Gasteiger partial charge in [0, 0.05) is 5.56 Å². The third kappa shape index (κ3) is 2.70. The summed E-state index contributed by atoms with van der Waals surface area (Å²) in [5.74, 6) is -2.75. The minimum absolute atomic E-state index is 0.177. The Morgan fingerprint density at radius 1 is 1.32 bits per heavy atom. The summed E-state index contributed by atoms with van der Waals surface area (Å²) < 4.78 is 54.8. The summed E-state index contributed by atoms with van der Waals surface area (Å²) in [6, 6.07) is 2.70. The molecule has 1 aliphatic rings. The standard InChI is InChI=1S/C15H10ClF3N2O4/c1-5-3-4-6(13-12(5)24-15(18,19)25-13)10-8(17)9(20)7(16)11(21-10)14(22)23-2/h3-4H,1-2H3,(H2,20,21). The summed E-state index contributed by atoms with van der Waals surface area (Å²) in [6.07, 6.45) is -3.91. The summed E-state index contributed by atoms with van der Waals surface area (Å²) in [4.78, 5) is 15.5. The average Bonchev–Trinajstić information content (AvgIpc) is 2.89. The number of methoxy groups -OCH3 is 1. The first-order chi connectivity index (χ1) is 11.7. The van der Waals surface area contributed by atoms with Crippen LogP contribution in [-0.2, 0) is 4.74 Å². The van der Waals surface area contributed by atoms with Crippen molar-refractivity contribution < 1.29 is 32.2 Å². The number of alkyl halides is 2. The van der Waals surface area contributed by atoms with E-state index >= 15 is 0 Å². The molecule has 0 spiro atoms. The first-order valence-electron chi connectivity index (χ1n) is 6.79. The number of halogens is 4. The molecule has 1 aromatic heterocycles. The van der Waals surface area contributed by atoms with Gasteiger partial charge in [0.15, 0.2) is 23.0 Å². The monoisotopic (exact) mass is 374 g/mol. The quantitative estimate of drug-likeness (QED) is 0.809. The number of pyridine rings is 1. The van der Waals surface area contributed by atoms with Gasteiger partial charge in [-0.3, -0.25) is 0 Å². The highest BCUT2D eigenvalue weighted by Crippen LogP contribution is 2.49. The molecule has 0 aliphatic carbocycles. The Balaban J connectivity index is 2.28. The van der Waals surface area contributed by atoms with Crippen LogP contribution in [-0.4, -0.2) is 24.4 Å². The molecule has 1 aliphatic heterocycles. The van der Waals surface area contributed by atoms with Gasteiger partial charge in [-0.05, 0) is 18.6 Å². The Labute approximate surface area is 144 Å². The second-order valence-electron chi connectivity index (χ2n) is 5.10. The molecule has 132 valence electrons. The number of fused-ring (bicyclic) bond motifs is 1. The molecule has 0 saturated carbocycles. The molecule has 2 N–H and O–H groups in total. The van der Waals surface area contributed by atoms with Gasteiger partial charge in [0.1, 0.15) is 5.69 Å². The molecule has 1 aromatic carbocycles. The van der Waals surface area contributed by atoms with Crippen molar-refractivity contribution in [2.24, 2.45) is 0 Å². The van der Waals surface area contributed by atoms with Crippen LogP contribution >= 0.6 is 11.6 Å². The number of aryl methyl sites for hydroxylation is 1. The van der Waals surface area contributed by atoms with E-state index in [1.807, 2.05) is 0 Å². The van der Waals surface area contributed by atoms with E-state index in [4.69, 9.17) is 17.3 Å². The van der Waals surface area contributed by atoms with Crippen LogP contribution in [0.5, 0.6) is 11.5 Å². The lowest BCUT2D eigenvalue weighted by Crippen LogP contribution is -2.26. The zero-order valence-corrected chi connectivity index (χ0v) is 13.6. The summed E-state index contributed by atoms with van der Waals surface area (Å²) >= 11 is 5.82. The SMILES string of the molecule is COC(=O)c1nc(-c2ccc(C)c3c2OC(F)(F)O3)c(F)c(N)c1Cl. The molecule has 0 radical (unpaired) electrons. The number of nitrogens with zero attached hydrogens (tertiary/aromatic N) is 1. The van der Waals surface area contributed by atoms with Crippen LogP contribution in [0, 0.1) is 12.7 Å². The number of benzene rings is 1. The molecule has 0 amide bonds. The molecule has 0 fully saturated rings. The minimum Gasteiger partial charge on any atom is -0.464 e. The van der Waals surface area contributed by atoms with Gasteiger partial charge in [0.05, 0.1) is 17.8 Å². The number of hydrogen-bond acceptors (Lipinski definition) is 6. The lowest BCUT2D eigenvalue weighted by Gasteiger charge is -2.12. The predicted octanol–water partition coefficient (Wildman–Crippen LogP) is 3.54. The summed E-state index contributed by atoms with van der Waals surface area (Å²) in [5, 5.41) is -0.445. The topological polar surface area (TPSA) is 83.7 Å². The molecule has 2 heterocycles. The van der Waals surface area contributed by atoms with Crippen molar-refractivity contribution in [1.29, 1.82) is 0 Å². The van der Waals surface area contributed by atoms with Crippen molar-refractivity contribution in [2.45, 2.75) is 13.2 Å². The van der Waals surface area contributed by atoms with Gasteiger partial charge in [0.2, 0.25) is 0 Å². The van der Waals surface area contributed by atoms with E-state index in [2.05, 4.69) is 19.2 Å². The largest absolute Gasteiger partial charge is 0.586 e. The number of esters is 1. The van der Waals surface area contributed by atoms with Gasteiger partial charge in [-0.25, -0.2) is 14.2 Å². The van der Waals surface area contributed by atoms with E-state index in [0.29, 0.717) is 5.56 Å². The first kappa shape index (κ1) is 17.2. The van der Waals surface area contributed by atoms with Gasteiger partial charge in [-0.1, -0.05) is 17.7 Å². The van der Waals surface area contributed by atoms with Gasteiger partial charge < -0.3 is 19.9 Å². The van der Waals surface area contributed by atoms with Crippen LogP contribution in [0.25, 0.3) is 11.3 Å². The Morgan fingerprint density at radius 3 is 2.60 bits per heavy atom. The number of rotatable bonds is 2. The average molecular weight is 375 g/mol. The zero-order valence-electron chi connectivity index (χ0n) is 12.8. The fourth-order valence-corrected chi connectivity index (χ4v) is 2.51. The van der Waals surface area contributed by atoms with Crippen molar-refractivity contribution in [3.63, 3.8) is 0 Å². The van der Waals surface area contributed by atoms with Crippen molar-refractivity contribution in [3.05, 3.63) is 34.2 Å². The molecular formula is C15H10ClF3N2O4. The lowest BCUT2D eigenvalue weighted by atomic mass is 10.0. The number of anilines is 1. The van der Waals surface area contributed by atoms with Crippen LogP contribution in [0.4, 0.5) is 18.9 Å². The van der Waals surface area contributed by atoms with E-state index in [1.165, 1.54) is 19.1 Å². The van der Waals surface area contributed by atoms with Crippen molar-refractivity contribution in [3.8, 4) is 22.8 Å². The van der Waals surface area contributed by atoms with Crippen LogP contribution < -0.4 is 15.2 Å². The van der Waals surface area contributed by atoms with E-state index in [0.717, 1.165) is 7.11 Å². The predicted molar refractivity (Wildman–Crippen MR) is 81.3 cm³/mol. The van der Waals surface area contributed by atoms with Crippen LogP contribution in [0.3, 0.4) is 0 Å². The fourth-order valence-electron chi connectivity index (χ4n) is 2.31. The van der Waals surface area contributed by atoms with E-state index < -0.39 is 45.9 Å².